The molecule has 0 spiro atoms. The van der Waals surface area contributed by atoms with Crippen LogP contribution < -0.4 is 10.2 Å². The molecule has 26 heavy (non-hydrogen) atoms. The van der Waals surface area contributed by atoms with Crippen molar-refractivity contribution >= 4 is 22.4 Å². The van der Waals surface area contributed by atoms with Crippen molar-refractivity contribution in [2.24, 2.45) is 5.92 Å². The highest BCUT2D eigenvalue weighted by Crippen LogP contribution is 2.30. The first-order valence-corrected chi connectivity index (χ1v) is 9.61. The predicted octanol–water partition coefficient (Wildman–Crippen LogP) is 1.83. The van der Waals surface area contributed by atoms with E-state index in [0.717, 1.165) is 18.8 Å². The third-order valence-electron chi connectivity index (χ3n) is 4.23. The van der Waals surface area contributed by atoms with Gasteiger partial charge in [-0.3, -0.25) is 14.7 Å². The molecule has 1 unspecified atom stereocenters. The van der Waals surface area contributed by atoms with Crippen molar-refractivity contribution in [3.8, 4) is 0 Å². The second kappa shape index (κ2) is 8.11. The summed E-state index contributed by atoms with van der Waals surface area (Å²) in [5.41, 5.74) is 1.49. The van der Waals surface area contributed by atoms with Crippen LogP contribution in [0.3, 0.4) is 0 Å². The second-order valence-electron chi connectivity index (χ2n) is 6.84. The largest absolute Gasteiger partial charge is 0.361 e. The number of hydrogen-bond acceptors (Lipinski definition) is 7. The van der Waals surface area contributed by atoms with E-state index in [-0.39, 0.29) is 5.91 Å². The molecule has 1 amide bonds. The lowest BCUT2D eigenvalue weighted by atomic mass is 10.2. The average Bonchev–Trinajstić information content (AvgIpc) is 3.16. The van der Waals surface area contributed by atoms with Crippen molar-refractivity contribution in [3.05, 3.63) is 40.7 Å². The normalized spacial score (nSPS) is 17.9. The number of hydrogen-bond donors (Lipinski definition) is 2. The summed E-state index contributed by atoms with van der Waals surface area (Å²) < 4.78 is 0. The number of aryl methyl sites for hydroxylation is 1. The molecule has 0 aromatic carbocycles. The molecule has 0 radical (unpaired) electrons. The Bertz CT molecular complexity index is 749. The molecule has 7 nitrogen and oxygen atoms in total. The maximum Gasteiger partial charge on any atom is 0.263 e. The summed E-state index contributed by atoms with van der Waals surface area (Å²) in [6.45, 7) is 8.79. The van der Waals surface area contributed by atoms with E-state index in [1.54, 1.807) is 6.20 Å². The number of nitrogens with one attached hydrogen (secondary N) is 1. The summed E-state index contributed by atoms with van der Waals surface area (Å²) in [5.74, 6) is 0.320. The summed E-state index contributed by atoms with van der Waals surface area (Å²) >= 11 is 1.32. The molecule has 3 rings (SSSR count). The van der Waals surface area contributed by atoms with E-state index in [4.69, 9.17) is 0 Å². The quantitative estimate of drug-likeness (QED) is 0.802. The summed E-state index contributed by atoms with van der Waals surface area (Å²) in [7, 11) is 0. The molecule has 0 aliphatic carbocycles. The Morgan fingerprint density at radius 3 is 2.92 bits per heavy atom. The van der Waals surface area contributed by atoms with Gasteiger partial charge in [0.1, 0.15) is 4.88 Å². The number of thiazole rings is 1. The van der Waals surface area contributed by atoms with Crippen LogP contribution in [0, 0.1) is 12.8 Å². The topological polar surface area (TPSA) is 81.6 Å². The van der Waals surface area contributed by atoms with E-state index in [9.17, 15) is 9.90 Å². The molecule has 2 N–H and O–H groups in total. The van der Waals surface area contributed by atoms with Crippen LogP contribution >= 0.6 is 11.3 Å². The minimum absolute atomic E-state index is 0.162. The van der Waals surface area contributed by atoms with Gasteiger partial charge in [-0.25, -0.2) is 4.98 Å². The minimum atomic E-state index is -0.688. The molecule has 1 aliphatic heterocycles. The maximum atomic E-state index is 12.5. The Labute approximate surface area is 157 Å². The number of aromatic nitrogens is 2. The van der Waals surface area contributed by atoms with Crippen LogP contribution in [0.1, 0.15) is 34.9 Å². The highest BCUT2D eigenvalue weighted by molar-refractivity contribution is 7.17. The number of aliphatic hydroxyl groups excluding tert-OH is 1. The van der Waals surface area contributed by atoms with E-state index in [2.05, 4.69) is 29.1 Å². The number of carbonyl (C=O) groups is 1. The molecule has 2 aromatic rings. The number of pyridine rings is 1. The van der Waals surface area contributed by atoms with Gasteiger partial charge in [-0.15, -0.1) is 0 Å². The molecular formula is C18H25N5O2S. The number of rotatable bonds is 6. The van der Waals surface area contributed by atoms with Crippen molar-refractivity contribution in [1.82, 2.24) is 20.2 Å². The zero-order chi connectivity index (χ0) is 18.7. The lowest BCUT2D eigenvalue weighted by molar-refractivity contribution is 0.0323. The van der Waals surface area contributed by atoms with Gasteiger partial charge in [-0.05, 0) is 25.0 Å². The van der Waals surface area contributed by atoms with Gasteiger partial charge < -0.3 is 15.3 Å². The smallest absolute Gasteiger partial charge is 0.263 e. The molecule has 1 saturated heterocycles. The van der Waals surface area contributed by atoms with E-state index in [0.29, 0.717) is 34.7 Å². The predicted molar refractivity (Wildman–Crippen MR) is 102 cm³/mol. The summed E-state index contributed by atoms with van der Waals surface area (Å²) in [6, 6.07) is 5.60. The van der Waals surface area contributed by atoms with Crippen LogP contribution in [0.25, 0.3) is 0 Å². The Kier molecular flexibility index (Phi) is 5.85. The molecule has 1 aliphatic rings. The monoisotopic (exact) mass is 375 g/mol. The van der Waals surface area contributed by atoms with Crippen molar-refractivity contribution in [3.63, 3.8) is 0 Å². The summed E-state index contributed by atoms with van der Waals surface area (Å²) in [5, 5.41) is 14.1. The lowest BCUT2D eigenvalue weighted by Crippen LogP contribution is -2.40. The van der Waals surface area contributed by atoms with E-state index in [1.165, 1.54) is 11.3 Å². The van der Waals surface area contributed by atoms with Crippen molar-refractivity contribution in [2.45, 2.75) is 33.7 Å². The van der Waals surface area contributed by atoms with Gasteiger partial charge in [0.15, 0.2) is 11.5 Å². The van der Waals surface area contributed by atoms with Gasteiger partial charge in [-0.2, -0.15) is 0 Å². The molecule has 0 bridgehead atoms. The average molecular weight is 375 g/mol. The van der Waals surface area contributed by atoms with Crippen LogP contribution in [0.4, 0.5) is 5.13 Å². The molecule has 1 fully saturated rings. The van der Waals surface area contributed by atoms with E-state index >= 15 is 0 Å². The fourth-order valence-corrected chi connectivity index (χ4v) is 4.01. The molecule has 2 aromatic heterocycles. The van der Waals surface area contributed by atoms with Crippen LogP contribution in [0.2, 0.25) is 0 Å². The molecule has 0 saturated carbocycles. The fraction of sp³-hybridized carbons (Fsp3) is 0.500. The molecular weight excluding hydrogens is 350 g/mol. The molecule has 8 heteroatoms. The zero-order valence-corrected chi connectivity index (χ0v) is 16.2. The lowest BCUT2D eigenvalue weighted by Gasteiger charge is -2.26. The van der Waals surface area contributed by atoms with E-state index in [1.807, 2.05) is 34.9 Å². The minimum Gasteiger partial charge on any atom is -0.361 e. The number of anilines is 1. The fourth-order valence-electron chi connectivity index (χ4n) is 2.98. The van der Waals surface area contributed by atoms with Crippen molar-refractivity contribution < 1.29 is 9.90 Å². The van der Waals surface area contributed by atoms with E-state index < -0.39 is 6.35 Å². The van der Waals surface area contributed by atoms with Crippen LogP contribution in [0.5, 0.6) is 0 Å². The van der Waals surface area contributed by atoms with Crippen LogP contribution in [-0.4, -0.2) is 51.9 Å². The third kappa shape index (κ3) is 4.20. The first-order chi connectivity index (χ1) is 12.5. The zero-order valence-electron chi connectivity index (χ0n) is 15.3. The van der Waals surface area contributed by atoms with Gasteiger partial charge in [0.05, 0.1) is 17.9 Å². The van der Waals surface area contributed by atoms with Crippen LogP contribution in [0.15, 0.2) is 24.4 Å². The molecule has 1 atom stereocenters. The standard InChI is InChI=1S/C18H25N5O2S/c1-12(2)11-22-8-9-23(18(22)25)17-21-13(3)15(26-17)16(24)20-10-14-6-4-5-7-19-14/h4-7,12,18,25H,8-11H2,1-3H3,(H,20,24). The summed E-state index contributed by atoms with van der Waals surface area (Å²) in [6.07, 6.45) is 1.02. The van der Waals surface area contributed by atoms with Gasteiger partial charge in [0.25, 0.3) is 5.91 Å². The number of nitrogens with zero attached hydrogens (tertiary/aromatic N) is 4. The second-order valence-corrected chi connectivity index (χ2v) is 7.82. The molecule has 140 valence electrons. The highest BCUT2D eigenvalue weighted by Gasteiger charge is 2.33. The van der Waals surface area contributed by atoms with Gasteiger partial charge in [-0.1, -0.05) is 31.3 Å². The first-order valence-electron chi connectivity index (χ1n) is 8.80. The number of carbonyl (C=O) groups excluding carboxylic acids is 1. The Morgan fingerprint density at radius 2 is 2.23 bits per heavy atom. The van der Waals surface area contributed by atoms with Gasteiger partial charge in [0.2, 0.25) is 0 Å². The first kappa shape index (κ1) is 18.8. The highest BCUT2D eigenvalue weighted by atomic mass is 32.1. The van der Waals surface area contributed by atoms with Crippen molar-refractivity contribution in [1.29, 1.82) is 0 Å². The van der Waals surface area contributed by atoms with Gasteiger partial charge in [0, 0.05) is 25.8 Å². The van der Waals surface area contributed by atoms with Crippen LogP contribution in [-0.2, 0) is 6.54 Å². The maximum absolute atomic E-state index is 12.5. The van der Waals surface area contributed by atoms with Gasteiger partial charge >= 0.3 is 0 Å². The van der Waals surface area contributed by atoms with Crippen molar-refractivity contribution in [2.75, 3.05) is 24.5 Å². The Hall–Kier alpha value is -2.03. The summed E-state index contributed by atoms with van der Waals surface area (Å²) in [4.78, 5) is 25.7. The molecule has 3 heterocycles. The SMILES string of the molecule is Cc1nc(N2CCN(CC(C)C)C2O)sc1C(=O)NCc1ccccn1. The Balaban J connectivity index is 1.66. The Morgan fingerprint density at radius 1 is 1.42 bits per heavy atom. The number of aliphatic hydroxyl groups is 1. The number of amides is 1. The third-order valence-corrected chi connectivity index (χ3v) is 5.42.